The number of hydrogen-bond donors (Lipinski definition) is 2. The highest BCUT2D eigenvalue weighted by Crippen LogP contribution is 2.15. The predicted octanol–water partition coefficient (Wildman–Crippen LogP) is 3.18. The number of hydrogen-bond acceptors (Lipinski definition) is 2. The van der Waals surface area contributed by atoms with Gasteiger partial charge in [-0.05, 0) is 45.4 Å². The van der Waals surface area contributed by atoms with Crippen LogP contribution in [0.2, 0.25) is 0 Å². The molecule has 0 atom stereocenters. The Morgan fingerprint density at radius 2 is 2.05 bits per heavy atom. The van der Waals surface area contributed by atoms with Gasteiger partial charge in [-0.2, -0.15) is 0 Å². The van der Waals surface area contributed by atoms with E-state index >= 15 is 0 Å². The van der Waals surface area contributed by atoms with Gasteiger partial charge < -0.3 is 15.4 Å². The molecule has 1 aromatic rings. The summed E-state index contributed by atoms with van der Waals surface area (Å²) in [6.07, 6.45) is -2.47. The average molecular weight is 313 g/mol. The zero-order valence-electron chi connectivity index (χ0n) is 13.6. The van der Waals surface area contributed by atoms with Crippen LogP contribution < -0.4 is 15.4 Å². The van der Waals surface area contributed by atoms with Crippen LogP contribution >= 0.6 is 0 Å². The van der Waals surface area contributed by atoms with Crippen LogP contribution in [0.1, 0.15) is 33.3 Å². The molecule has 0 aliphatic rings. The van der Waals surface area contributed by atoms with E-state index < -0.39 is 13.0 Å². The number of benzene rings is 1. The van der Waals surface area contributed by atoms with Crippen molar-refractivity contribution in [3.8, 4) is 5.75 Å². The molecule has 0 aliphatic heterocycles. The summed E-state index contributed by atoms with van der Waals surface area (Å²) in [6.45, 7) is 8.77. The van der Waals surface area contributed by atoms with Crippen LogP contribution in [-0.4, -0.2) is 31.1 Å². The van der Waals surface area contributed by atoms with Gasteiger partial charge in [0, 0.05) is 12.1 Å². The molecule has 0 amide bonds. The lowest BCUT2D eigenvalue weighted by atomic mass is 10.1. The Balaban J connectivity index is 2.70. The molecule has 124 valence electrons. The number of nitrogens with zero attached hydrogens (tertiary/aromatic N) is 1. The zero-order chi connectivity index (χ0) is 16.6. The molecule has 1 aromatic carbocycles. The monoisotopic (exact) mass is 313 g/mol. The molecule has 4 nitrogen and oxygen atoms in total. The van der Waals surface area contributed by atoms with Crippen molar-refractivity contribution in [3.05, 3.63) is 29.8 Å². The highest BCUT2D eigenvalue weighted by Gasteiger charge is 2.11. The highest BCUT2D eigenvalue weighted by atomic mass is 19.3. The van der Waals surface area contributed by atoms with Crippen molar-refractivity contribution in [2.45, 2.75) is 46.2 Å². The molecule has 0 saturated heterocycles. The van der Waals surface area contributed by atoms with Crippen LogP contribution in [0.5, 0.6) is 5.75 Å². The Morgan fingerprint density at radius 3 is 2.64 bits per heavy atom. The maximum atomic E-state index is 12.2. The van der Waals surface area contributed by atoms with Crippen LogP contribution in [0.4, 0.5) is 8.78 Å². The predicted molar refractivity (Wildman–Crippen MR) is 85.6 cm³/mol. The van der Waals surface area contributed by atoms with E-state index in [0.717, 1.165) is 12.1 Å². The second-order valence-corrected chi connectivity index (χ2v) is 5.92. The van der Waals surface area contributed by atoms with Gasteiger partial charge >= 0.3 is 0 Å². The summed E-state index contributed by atoms with van der Waals surface area (Å²) < 4.78 is 29.3. The fraction of sp³-hybridized carbons (Fsp3) is 0.562. The van der Waals surface area contributed by atoms with E-state index in [-0.39, 0.29) is 5.54 Å². The Hall–Kier alpha value is -1.85. The van der Waals surface area contributed by atoms with E-state index in [1.54, 1.807) is 18.2 Å². The molecule has 2 N–H and O–H groups in total. The highest BCUT2D eigenvalue weighted by molar-refractivity contribution is 5.80. The van der Waals surface area contributed by atoms with Gasteiger partial charge in [-0.1, -0.05) is 12.1 Å². The van der Waals surface area contributed by atoms with Crippen LogP contribution in [-0.2, 0) is 6.54 Å². The molecule has 0 spiro atoms. The lowest BCUT2D eigenvalue weighted by molar-refractivity contribution is 0.0818. The first kappa shape index (κ1) is 18.2. The number of alkyl halides is 2. The molecular weight excluding hydrogens is 288 g/mol. The van der Waals surface area contributed by atoms with Crippen LogP contribution in [0, 0.1) is 0 Å². The van der Waals surface area contributed by atoms with E-state index in [4.69, 9.17) is 4.74 Å². The summed E-state index contributed by atoms with van der Waals surface area (Å²) in [5, 5.41) is 6.46. The van der Waals surface area contributed by atoms with E-state index in [2.05, 4.69) is 36.4 Å². The van der Waals surface area contributed by atoms with E-state index in [1.165, 1.54) is 0 Å². The third-order valence-electron chi connectivity index (χ3n) is 2.53. The minimum absolute atomic E-state index is 0.0940. The van der Waals surface area contributed by atoms with Crippen LogP contribution in [0.3, 0.4) is 0 Å². The Morgan fingerprint density at radius 1 is 1.32 bits per heavy atom. The largest absolute Gasteiger partial charge is 0.488 e. The first-order valence-electron chi connectivity index (χ1n) is 7.36. The molecule has 0 bridgehead atoms. The molecule has 0 saturated carbocycles. The molecule has 22 heavy (non-hydrogen) atoms. The minimum Gasteiger partial charge on any atom is -0.488 e. The SMILES string of the molecule is CCNC(=NCc1cccc(OCC(F)F)c1)NC(C)(C)C. The van der Waals surface area contributed by atoms with Gasteiger partial charge in [0.15, 0.2) is 5.96 Å². The third kappa shape index (κ3) is 7.81. The van der Waals surface area contributed by atoms with Crippen molar-refractivity contribution >= 4 is 5.96 Å². The fourth-order valence-electron chi connectivity index (χ4n) is 1.73. The number of nitrogens with one attached hydrogen (secondary N) is 2. The van der Waals surface area contributed by atoms with Gasteiger partial charge in [-0.3, -0.25) is 0 Å². The van der Waals surface area contributed by atoms with Crippen LogP contribution in [0.15, 0.2) is 29.3 Å². The summed E-state index contributed by atoms with van der Waals surface area (Å²) in [5.41, 5.74) is 0.807. The first-order valence-corrected chi connectivity index (χ1v) is 7.36. The van der Waals surface area contributed by atoms with Crippen molar-refractivity contribution in [1.82, 2.24) is 10.6 Å². The summed E-state index contributed by atoms with van der Waals surface area (Å²) in [7, 11) is 0. The topological polar surface area (TPSA) is 45.7 Å². The Kier molecular flexibility index (Phi) is 7.08. The fourth-order valence-corrected chi connectivity index (χ4v) is 1.73. The summed E-state index contributed by atoms with van der Waals surface area (Å²) in [5.74, 6) is 1.15. The lowest BCUT2D eigenvalue weighted by Gasteiger charge is -2.23. The van der Waals surface area contributed by atoms with E-state index in [0.29, 0.717) is 18.3 Å². The average Bonchev–Trinajstić information content (AvgIpc) is 2.42. The molecule has 1 rings (SSSR count). The summed E-state index contributed by atoms with van der Waals surface area (Å²) >= 11 is 0. The third-order valence-corrected chi connectivity index (χ3v) is 2.53. The summed E-state index contributed by atoms with van der Waals surface area (Å²) in [4.78, 5) is 4.50. The zero-order valence-corrected chi connectivity index (χ0v) is 13.6. The molecule has 6 heteroatoms. The first-order chi connectivity index (χ1) is 10.3. The summed E-state index contributed by atoms with van der Waals surface area (Å²) in [6, 6.07) is 7.05. The Labute approximate surface area is 131 Å². The second-order valence-electron chi connectivity index (χ2n) is 5.92. The molecule has 0 radical (unpaired) electrons. The number of aliphatic imine (C=N–C) groups is 1. The van der Waals surface area contributed by atoms with Crippen molar-refractivity contribution in [2.75, 3.05) is 13.2 Å². The van der Waals surface area contributed by atoms with Gasteiger partial charge in [0.1, 0.15) is 12.4 Å². The molecule has 0 aliphatic carbocycles. The van der Waals surface area contributed by atoms with Gasteiger partial charge in [0.05, 0.1) is 6.54 Å². The van der Waals surface area contributed by atoms with Crippen molar-refractivity contribution in [2.24, 2.45) is 4.99 Å². The molecule has 0 aromatic heterocycles. The van der Waals surface area contributed by atoms with Crippen molar-refractivity contribution in [1.29, 1.82) is 0 Å². The minimum atomic E-state index is -2.47. The molecule has 0 fully saturated rings. The number of halogens is 2. The maximum absolute atomic E-state index is 12.2. The number of rotatable bonds is 6. The van der Waals surface area contributed by atoms with Crippen LogP contribution in [0.25, 0.3) is 0 Å². The van der Waals surface area contributed by atoms with Gasteiger partial charge in [0.25, 0.3) is 6.43 Å². The Bertz CT molecular complexity index is 485. The van der Waals surface area contributed by atoms with E-state index in [9.17, 15) is 8.78 Å². The smallest absolute Gasteiger partial charge is 0.272 e. The maximum Gasteiger partial charge on any atom is 0.272 e. The molecular formula is C16H25F2N3O. The quantitative estimate of drug-likeness (QED) is 0.626. The standard InChI is InChI=1S/C16H25F2N3O/c1-5-19-15(21-16(2,3)4)20-10-12-7-6-8-13(9-12)22-11-14(17)18/h6-9,14H,5,10-11H2,1-4H3,(H2,19,20,21). The number of ether oxygens (including phenoxy) is 1. The van der Waals surface area contributed by atoms with Gasteiger partial charge in [-0.25, -0.2) is 13.8 Å². The molecule has 0 unspecified atom stereocenters. The van der Waals surface area contributed by atoms with Crippen molar-refractivity contribution in [3.63, 3.8) is 0 Å². The second kappa shape index (κ2) is 8.56. The number of guanidine groups is 1. The van der Waals surface area contributed by atoms with Gasteiger partial charge in [0.2, 0.25) is 0 Å². The van der Waals surface area contributed by atoms with Crippen molar-refractivity contribution < 1.29 is 13.5 Å². The van der Waals surface area contributed by atoms with Gasteiger partial charge in [-0.15, -0.1) is 0 Å². The lowest BCUT2D eigenvalue weighted by Crippen LogP contribution is -2.47. The molecule has 0 heterocycles. The van der Waals surface area contributed by atoms with E-state index in [1.807, 2.05) is 13.0 Å². The normalized spacial score (nSPS) is 12.4.